The van der Waals surface area contributed by atoms with E-state index in [2.05, 4.69) is 0 Å². The third-order valence-electron chi connectivity index (χ3n) is 3.94. The fraction of sp³-hybridized carbons (Fsp3) is 0.278. The van der Waals surface area contributed by atoms with Crippen molar-refractivity contribution in [1.29, 1.82) is 0 Å². The lowest BCUT2D eigenvalue weighted by molar-refractivity contribution is 0.106. The van der Waals surface area contributed by atoms with Gasteiger partial charge in [0, 0.05) is 0 Å². The van der Waals surface area contributed by atoms with Crippen LogP contribution >= 0.6 is 0 Å². The van der Waals surface area contributed by atoms with Crippen LogP contribution in [0.25, 0.3) is 0 Å². The topological polar surface area (TPSA) is 72.6 Å². The molecule has 2 aromatic carbocycles. The van der Waals surface area contributed by atoms with Crippen LogP contribution in [0, 0.1) is 13.8 Å². The highest BCUT2D eigenvalue weighted by Crippen LogP contribution is 2.33. The zero-order valence-electron chi connectivity index (χ0n) is 12.9. The highest BCUT2D eigenvalue weighted by Gasteiger charge is 2.35. The molecule has 0 radical (unpaired) electrons. The molecule has 0 unspecified atom stereocenters. The largest absolute Gasteiger partial charge is 0.448 e. The van der Waals surface area contributed by atoms with E-state index < -0.39 is 11.5 Å². The zero-order chi connectivity index (χ0) is 16.2. The Morgan fingerprint density at radius 3 is 1.73 bits per heavy atom. The second-order valence-electron chi connectivity index (χ2n) is 5.58. The summed E-state index contributed by atoms with van der Waals surface area (Å²) in [6.07, 6.45) is -0.850. The minimum absolute atomic E-state index is 0.00897. The maximum atomic E-state index is 11.1. The van der Waals surface area contributed by atoms with E-state index in [-0.39, 0.29) is 13.2 Å². The van der Waals surface area contributed by atoms with Gasteiger partial charge in [0.15, 0.2) is 0 Å². The van der Waals surface area contributed by atoms with Gasteiger partial charge in [-0.3, -0.25) is 0 Å². The summed E-state index contributed by atoms with van der Waals surface area (Å²) in [5, 5.41) is 10.1. The number of carbonyl (C=O) groups excluding carboxylic acids is 1. The predicted octanol–water partition coefficient (Wildman–Crippen LogP) is 2.68. The normalized spacial score (nSPS) is 11.2. The maximum absolute atomic E-state index is 11.1. The van der Waals surface area contributed by atoms with Gasteiger partial charge in [0.25, 0.3) is 0 Å². The predicted molar refractivity (Wildman–Crippen MR) is 85.8 cm³/mol. The summed E-state index contributed by atoms with van der Waals surface area (Å²) in [7, 11) is 0. The van der Waals surface area contributed by atoms with Gasteiger partial charge in [-0.2, -0.15) is 0 Å². The summed E-state index contributed by atoms with van der Waals surface area (Å²) in [6, 6.07) is 15.6. The lowest BCUT2D eigenvalue weighted by Crippen LogP contribution is -2.39. The molecule has 0 spiro atoms. The molecule has 0 fully saturated rings. The number of benzene rings is 2. The van der Waals surface area contributed by atoms with E-state index >= 15 is 0 Å². The summed E-state index contributed by atoms with van der Waals surface area (Å²) >= 11 is 0. The Morgan fingerprint density at radius 1 is 1.00 bits per heavy atom. The van der Waals surface area contributed by atoms with Crippen molar-refractivity contribution in [1.82, 2.24) is 0 Å². The number of aliphatic hydroxyl groups excluding tert-OH is 1. The van der Waals surface area contributed by atoms with Crippen LogP contribution in [-0.4, -0.2) is 24.4 Å². The third kappa shape index (κ3) is 3.28. The van der Waals surface area contributed by atoms with Gasteiger partial charge in [-0.1, -0.05) is 59.7 Å². The number of aliphatic hydroxyl groups is 1. The Labute approximate surface area is 130 Å². The average Bonchev–Trinajstić information content (AvgIpc) is 2.51. The molecule has 2 aromatic rings. The molecule has 0 aliphatic heterocycles. The number of rotatable bonds is 5. The summed E-state index contributed by atoms with van der Waals surface area (Å²) in [6.45, 7) is 3.80. The SMILES string of the molecule is Cc1ccc(C(CO)(COC(N)=O)c2ccc(C)cc2)cc1. The van der Waals surface area contributed by atoms with Crippen molar-refractivity contribution in [2.24, 2.45) is 5.73 Å². The van der Waals surface area contributed by atoms with Crippen molar-refractivity contribution < 1.29 is 14.6 Å². The van der Waals surface area contributed by atoms with Crippen molar-refractivity contribution in [3.63, 3.8) is 0 Å². The lowest BCUT2D eigenvalue weighted by atomic mass is 9.75. The van der Waals surface area contributed by atoms with Crippen molar-refractivity contribution in [3.05, 3.63) is 70.8 Å². The molecule has 0 saturated heterocycles. The van der Waals surface area contributed by atoms with Gasteiger partial charge in [-0.25, -0.2) is 4.79 Å². The fourth-order valence-electron chi connectivity index (χ4n) is 2.50. The number of ether oxygens (including phenoxy) is 1. The minimum Gasteiger partial charge on any atom is -0.448 e. The molecule has 2 rings (SSSR count). The van der Waals surface area contributed by atoms with Crippen LogP contribution in [0.3, 0.4) is 0 Å². The summed E-state index contributed by atoms with van der Waals surface area (Å²) in [5.74, 6) is 0. The molecule has 3 N–H and O–H groups in total. The van der Waals surface area contributed by atoms with E-state index in [1.807, 2.05) is 62.4 Å². The van der Waals surface area contributed by atoms with Crippen molar-refractivity contribution >= 4 is 6.09 Å². The first-order valence-corrected chi connectivity index (χ1v) is 7.15. The van der Waals surface area contributed by atoms with Crippen LogP contribution in [0.2, 0.25) is 0 Å². The van der Waals surface area contributed by atoms with Crippen molar-refractivity contribution in [2.75, 3.05) is 13.2 Å². The molecule has 1 amide bonds. The smallest absolute Gasteiger partial charge is 0.404 e. The number of hydrogen-bond donors (Lipinski definition) is 2. The fourth-order valence-corrected chi connectivity index (χ4v) is 2.50. The molecule has 0 atom stereocenters. The summed E-state index contributed by atoms with van der Waals surface area (Å²) in [4.78, 5) is 11.1. The van der Waals surface area contributed by atoms with Gasteiger partial charge >= 0.3 is 6.09 Å². The molecule has 0 saturated carbocycles. The Kier molecular flexibility index (Phi) is 4.83. The first-order chi connectivity index (χ1) is 10.5. The maximum Gasteiger partial charge on any atom is 0.404 e. The second-order valence-corrected chi connectivity index (χ2v) is 5.58. The van der Waals surface area contributed by atoms with Gasteiger partial charge in [0.1, 0.15) is 6.61 Å². The van der Waals surface area contributed by atoms with E-state index in [1.165, 1.54) is 0 Å². The Hall–Kier alpha value is -2.33. The van der Waals surface area contributed by atoms with Gasteiger partial charge in [-0.05, 0) is 25.0 Å². The van der Waals surface area contributed by atoms with Crippen LogP contribution in [0.5, 0.6) is 0 Å². The first kappa shape index (κ1) is 16.0. The number of aryl methyl sites for hydroxylation is 2. The third-order valence-corrected chi connectivity index (χ3v) is 3.94. The van der Waals surface area contributed by atoms with Crippen LogP contribution in [-0.2, 0) is 10.2 Å². The number of primary amides is 1. The van der Waals surface area contributed by atoms with Gasteiger partial charge < -0.3 is 15.6 Å². The van der Waals surface area contributed by atoms with E-state index in [0.29, 0.717) is 0 Å². The van der Waals surface area contributed by atoms with E-state index in [4.69, 9.17) is 10.5 Å². The van der Waals surface area contributed by atoms with Gasteiger partial charge in [0.05, 0.1) is 12.0 Å². The van der Waals surface area contributed by atoms with Gasteiger partial charge in [0.2, 0.25) is 0 Å². The van der Waals surface area contributed by atoms with Crippen LogP contribution in [0.4, 0.5) is 4.79 Å². The lowest BCUT2D eigenvalue weighted by Gasteiger charge is -2.32. The molecule has 0 aliphatic rings. The molecule has 116 valence electrons. The Balaban J connectivity index is 2.52. The highest BCUT2D eigenvalue weighted by atomic mass is 16.5. The molecular weight excluding hydrogens is 278 g/mol. The Bertz CT molecular complexity index is 587. The first-order valence-electron chi connectivity index (χ1n) is 7.15. The molecular formula is C18H21NO3. The average molecular weight is 299 g/mol. The van der Waals surface area contributed by atoms with Gasteiger partial charge in [-0.15, -0.1) is 0 Å². The van der Waals surface area contributed by atoms with Crippen LogP contribution < -0.4 is 5.73 Å². The summed E-state index contributed by atoms with van der Waals surface area (Å²) in [5.41, 5.74) is 8.29. The van der Waals surface area contributed by atoms with E-state index in [0.717, 1.165) is 22.3 Å². The van der Waals surface area contributed by atoms with Crippen molar-refractivity contribution in [2.45, 2.75) is 19.3 Å². The van der Waals surface area contributed by atoms with E-state index in [1.54, 1.807) is 0 Å². The molecule has 0 aliphatic carbocycles. The summed E-state index contributed by atoms with van der Waals surface area (Å²) < 4.78 is 5.05. The van der Waals surface area contributed by atoms with E-state index in [9.17, 15) is 9.90 Å². The second kappa shape index (κ2) is 6.62. The molecule has 4 nitrogen and oxygen atoms in total. The molecule has 0 bridgehead atoms. The monoisotopic (exact) mass is 299 g/mol. The molecule has 22 heavy (non-hydrogen) atoms. The van der Waals surface area contributed by atoms with Crippen LogP contribution in [0.1, 0.15) is 22.3 Å². The number of carbonyl (C=O) groups is 1. The molecule has 0 heterocycles. The Morgan fingerprint density at radius 2 is 1.41 bits per heavy atom. The standard InChI is InChI=1S/C18H21NO3/c1-13-3-7-15(8-4-13)18(11-20,12-22-17(19)21)16-9-5-14(2)6-10-16/h3-10,20H,11-12H2,1-2H3,(H2,19,21). The minimum atomic E-state index is -0.850. The molecule has 4 heteroatoms. The van der Waals surface area contributed by atoms with Crippen LogP contribution in [0.15, 0.2) is 48.5 Å². The van der Waals surface area contributed by atoms with Crippen molar-refractivity contribution in [3.8, 4) is 0 Å². The number of amides is 1. The molecule has 0 aromatic heterocycles. The number of hydrogen-bond acceptors (Lipinski definition) is 3. The quantitative estimate of drug-likeness (QED) is 0.891. The highest BCUT2D eigenvalue weighted by molar-refractivity contribution is 5.65. The zero-order valence-corrected chi connectivity index (χ0v) is 12.9. The number of nitrogens with two attached hydrogens (primary N) is 1.